The second-order valence-electron chi connectivity index (χ2n) is 11.5. The maximum atomic E-state index is 13.8. The highest BCUT2D eigenvalue weighted by Crippen LogP contribution is 2.28. The summed E-state index contributed by atoms with van der Waals surface area (Å²) in [6, 6.07) is 17.3. The van der Waals surface area contributed by atoms with Gasteiger partial charge >= 0.3 is 5.97 Å². The molecule has 7 nitrogen and oxygen atoms in total. The van der Waals surface area contributed by atoms with E-state index in [1.54, 1.807) is 15.9 Å². The molecule has 224 valence electrons. The first kappa shape index (κ1) is 31.2. The molecule has 0 radical (unpaired) electrons. The topological polar surface area (TPSA) is 87.2 Å². The number of ether oxygens (including phenoxy) is 1. The van der Waals surface area contributed by atoms with Crippen molar-refractivity contribution in [2.24, 2.45) is 11.8 Å². The predicted octanol–water partition coefficient (Wildman–Crippen LogP) is 4.87. The van der Waals surface area contributed by atoms with Crippen molar-refractivity contribution in [2.45, 2.75) is 70.0 Å². The van der Waals surface area contributed by atoms with Gasteiger partial charge in [-0.05, 0) is 61.6 Å². The maximum absolute atomic E-state index is 13.8. The van der Waals surface area contributed by atoms with E-state index < -0.39 is 5.92 Å². The van der Waals surface area contributed by atoms with E-state index in [1.807, 2.05) is 60.7 Å². The van der Waals surface area contributed by atoms with Gasteiger partial charge in [-0.15, -0.1) is 13.2 Å². The molecule has 0 saturated carbocycles. The van der Waals surface area contributed by atoms with E-state index >= 15 is 0 Å². The molecule has 2 amide bonds. The smallest absolute Gasteiger partial charge is 0.309 e. The van der Waals surface area contributed by atoms with E-state index in [4.69, 9.17) is 4.74 Å². The number of rotatable bonds is 14. The van der Waals surface area contributed by atoms with Gasteiger partial charge in [-0.3, -0.25) is 14.4 Å². The number of hydrogen-bond donors (Lipinski definition) is 1. The Morgan fingerprint density at radius 2 is 1.69 bits per heavy atom. The summed E-state index contributed by atoms with van der Waals surface area (Å²) in [5, 5.41) is 10.0. The fraction of sp³-hybridized carbons (Fsp3) is 0.457. The molecule has 0 unspecified atom stereocenters. The molecule has 7 heteroatoms. The van der Waals surface area contributed by atoms with Gasteiger partial charge in [0.15, 0.2) is 0 Å². The molecule has 2 aliphatic heterocycles. The molecule has 0 spiro atoms. The van der Waals surface area contributed by atoms with Crippen LogP contribution < -0.4 is 0 Å². The van der Waals surface area contributed by atoms with Crippen LogP contribution in [-0.2, 0) is 38.5 Å². The van der Waals surface area contributed by atoms with E-state index in [0.717, 1.165) is 36.0 Å². The Balaban J connectivity index is 1.38. The number of aliphatic hydroxyl groups excluding tert-OH is 1. The fourth-order valence-corrected chi connectivity index (χ4v) is 6.19. The molecule has 1 N–H and O–H groups in total. The summed E-state index contributed by atoms with van der Waals surface area (Å²) in [5.74, 6) is -1.33. The van der Waals surface area contributed by atoms with Crippen molar-refractivity contribution in [1.29, 1.82) is 0 Å². The van der Waals surface area contributed by atoms with Crippen molar-refractivity contribution in [3.63, 3.8) is 0 Å². The lowest BCUT2D eigenvalue weighted by atomic mass is 9.92. The van der Waals surface area contributed by atoms with E-state index in [1.165, 1.54) is 0 Å². The third-order valence-corrected chi connectivity index (χ3v) is 8.56. The van der Waals surface area contributed by atoms with Crippen LogP contribution in [0.5, 0.6) is 0 Å². The summed E-state index contributed by atoms with van der Waals surface area (Å²) in [6.45, 7) is 8.65. The van der Waals surface area contributed by atoms with Crippen LogP contribution in [-0.4, -0.2) is 64.5 Å². The van der Waals surface area contributed by atoms with Crippen LogP contribution in [0.4, 0.5) is 0 Å². The van der Waals surface area contributed by atoms with Gasteiger partial charge < -0.3 is 19.6 Å². The zero-order valence-corrected chi connectivity index (χ0v) is 24.5. The highest BCUT2D eigenvalue weighted by atomic mass is 16.5. The normalized spacial score (nSPS) is 19.5. The Hall–Kier alpha value is -3.71. The second kappa shape index (κ2) is 15.5. The van der Waals surface area contributed by atoms with Gasteiger partial charge in [-0.25, -0.2) is 0 Å². The minimum Gasteiger partial charge on any atom is -0.463 e. The third kappa shape index (κ3) is 7.97. The number of carbonyl (C=O) groups excluding carboxylic acids is 3. The summed E-state index contributed by atoms with van der Waals surface area (Å²) < 4.78 is 5.83. The van der Waals surface area contributed by atoms with Gasteiger partial charge in [0.25, 0.3) is 0 Å². The minimum absolute atomic E-state index is 0.0488. The molecule has 1 saturated heterocycles. The zero-order chi connectivity index (χ0) is 29.9. The van der Waals surface area contributed by atoms with Crippen LogP contribution in [0.15, 0.2) is 79.9 Å². The molecule has 1 fully saturated rings. The Kier molecular flexibility index (Phi) is 11.5. The fourth-order valence-electron chi connectivity index (χ4n) is 6.19. The molecule has 2 heterocycles. The number of hydrogen-bond acceptors (Lipinski definition) is 5. The molecule has 2 aliphatic rings. The van der Waals surface area contributed by atoms with E-state index in [2.05, 4.69) is 13.2 Å². The van der Waals surface area contributed by atoms with Gasteiger partial charge in [-0.1, -0.05) is 66.7 Å². The number of allylic oxidation sites excluding steroid dienone is 2. The van der Waals surface area contributed by atoms with Crippen LogP contribution in [0.3, 0.4) is 0 Å². The quantitative estimate of drug-likeness (QED) is 0.258. The molecular weight excluding hydrogens is 528 g/mol. The average Bonchev–Trinajstić information content (AvgIpc) is 3.49. The number of benzene rings is 2. The standard InChI is InChI=1S/C35H44N2O5/c1-3-5-15-29(20-26-13-7-6-8-14-26)35(41)42-25-31-18-11-19-36(31)34(40)28(12-4-2)22-33(39)37-23-30-17-10-9-16-27(30)21-32(37)24-38/h3-4,6-10,13-14,16-17,28-29,31-32,38H,1-2,5,11-12,15,18-25H2/t28-,29-,31+,32+/m1/s1. The minimum atomic E-state index is -0.554. The average molecular weight is 573 g/mol. The molecule has 0 aromatic heterocycles. The Morgan fingerprint density at radius 3 is 2.40 bits per heavy atom. The molecular formula is C35H44N2O5. The molecule has 0 aliphatic carbocycles. The van der Waals surface area contributed by atoms with Crippen molar-refractivity contribution < 1.29 is 24.2 Å². The summed E-state index contributed by atoms with van der Waals surface area (Å²) >= 11 is 0. The third-order valence-electron chi connectivity index (χ3n) is 8.56. The van der Waals surface area contributed by atoms with Crippen molar-refractivity contribution >= 4 is 17.8 Å². The van der Waals surface area contributed by atoms with Crippen LogP contribution in [0, 0.1) is 11.8 Å². The number of amides is 2. The van der Waals surface area contributed by atoms with Gasteiger partial charge in [0.1, 0.15) is 6.61 Å². The summed E-state index contributed by atoms with van der Waals surface area (Å²) in [5.41, 5.74) is 3.30. The Morgan fingerprint density at radius 1 is 0.952 bits per heavy atom. The largest absolute Gasteiger partial charge is 0.463 e. The molecule has 2 aromatic carbocycles. The van der Waals surface area contributed by atoms with Crippen molar-refractivity contribution in [1.82, 2.24) is 9.80 Å². The summed E-state index contributed by atoms with van der Waals surface area (Å²) in [6.07, 6.45) is 8.06. The van der Waals surface area contributed by atoms with Crippen molar-refractivity contribution in [3.05, 3.63) is 96.6 Å². The first-order valence-corrected chi connectivity index (χ1v) is 15.1. The lowest BCUT2D eigenvalue weighted by molar-refractivity contribution is -0.153. The van der Waals surface area contributed by atoms with E-state index in [9.17, 15) is 19.5 Å². The molecule has 2 aromatic rings. The van der Waals surface area contributed by atoms with Gasteiger partial charge in [-0.2, -0.15) is 0 Å². The number of nitrogens with zero attached hydrogens (tertiary/aromatic N) is 2. The molecule has 0 bridgehead atoms. The number of carbonyl (C=O) groups is 3. The monoisotopic (exact) mass is 572 g/mol. The van der Waals surface area contributed by atoms with Gasteiger partial charge in [0, 0.05) is 19.5 Å². The zero-order valence-electron chi connectivity index (χ0n) is 24.5. The van der Waals surface area contributed by atoms with Crippen LogP contribution >= 0.6 is 0 Å². The predicted molar refractivity (Wildman–Crippen MR) is 163 cm³/mol. The number of fused-ring (bicyclic) bond motifs is 1. The highest BCUT2D eigenvalue weighted by Gasteiger charge is 2.37. The first-order valence-electron chi connectivity index (χ1n) is 15.1. The van der Waals surface area contributed by atoms with E-state index in [0.29, 0.717) is 38.8 Å². The summed E-state index contributed by atoms with van der Waals surface area (Å²) in [7, 11) is 0. The maximum Gasteiger partial charge on any atom is 0.309 e. The second-order valence-corrected chi connectivity index (χ2v) is 11.5. The summed E-state index contributed by atoms with van der Waals surface area (Å²) in [4.78, 5) is 44.0. The number of likely N-dealkylation sites (tertiary alicyclic amines) is 1. The highest BCUT2D eigenvalue weighted by molar-refractivity contribution is 5.86. The lowest BCUT2D eigenvalue weighted by Gasteiger charge is -2.37. The molecule has 4 rings (SSSR count). The van der Waals surface area contributed by atoms with Crippen LogP contribution in [0.25, 0.3) is 0 Å². The SMILES string of the molecule is C=CCC[C@H](Cc1ccccc1)C(=O)OC[C@@H]1CCCN1C(=O)[C@H](CC=C)CC(=O)N1Cc2ccccc2C[C@H]1CO. The Bertz CT molecular complexity index is 1230. The number of esters is 1. The van der Waals surface area contributed by atoms with Crippen LogP contribution in [0.1, 0.15) is 55.2 Å². The number of aliphatic hydroxyl groups is 1. The van der Waals surface area contributed by atoms with Crippen molar-refractivity contribution in [2.75, 3.05) is 19.8 Å². The lowest BCUT2D eigenvalue weighted by Crippen LogP contribution is -2.48. The van der Waals surface area contributed by atoms with Gasteiger partial charge in [0.2, 0.25) is 11.8 Å². The van der Waals surface area contributed by atoms with Gasteiger partial charge in [0.05, 0.1) is 30.5 Å². The Labute approximate surface area is 249 Å². The molecule has 42 heavy (non-hydrogen) atoms. The van der Waals surface area contributed by atoms with Crippen molar-refractivity contribution in [3.8, 4) is 0 Å². The first-order chi connectivity index (χ1) is 20.4. The molecule has 4 atom stereocenters. The van der Waals surface area contributed by atoms with Crippen LogP contribution in [0.2, 0.25) is 0 Å². The van der Waals surface area contributed by atoms with E-state index in [-0.39, 0.29) is 55.4 Å².